The molecule has 92 valence electrons. The maximum atomic E-state index is 5.51. The first-order valence-electron chi connectivity index (χ1n) is 5.53. The molecule has 0 atom stereocenters. The first kappa shape index (κ1) is 13.3. The number of nitrogens with one attached hydrogen (secondary N) is 1. The monoisotopic (exact) mass is 244 g/mol. The van der Waals surface area contributed by atoms with Crippen molar-refractivity contribution in [3.05, 3.63) is 5.01 Å². The first-order chi connectivity index (χ1) is 7.72. The van der Waals surface area contributed by atoms with Crippen LogP contribution in [0.4, 0.5) is 0 Å². The van der Waals surface area contributed by atoms with Crippen LogP contribution in [0.3, 0.4) is 0 Å². The second kappa shape index (κ2) is 7.54. The molecule has 1 rings (SSSR count). The van der Waals surface area contributed by atoms with Gasteiger partial charge in [0.05, 0.1) is 6.61 Å². The van der Waals surface area contributed by atoms with Gasteiger partial charge >= 0.3 is 0 Å². The number of hydrogen-bond donors (Lipinski definition) is 1. The third-order valence-electron chi connectivity index (χ3n) is 1.95. The highest BCUT2D eigenvalue weighted by Crippen LogP contribution is 2.17. The van der Waals surface area contributed by atoms with Gasteiger partial charge in [-0.15, -0.1) is 10.2 Å². The normalized spacial score (nSPS) is 11.0. The van der Waals surface area contributed by atoms with Crippen molar-refractivity contribution in [1.29, 1.82) is 0 Å². The summed E-state index contributed by atoms with van der Waals surface area (Å²) in [6.07, 6.45) is 1.01. The van der Waals surface area contributed by atoms with Crippen LogP contribution in [-0.2, 0) is 6.54 Å². The molecule has 16 heavy (non-hydrogen) atoms. The van der Waals surface area contributed by atoms with E-state index in [0.29, 0.717) is 11.8 Å². The van der Waals surface area contributed by atoms with Gasteiger partial charge in [0.25, 0.3) is 5.19 Å². The van der Waals surface area contributed by atoms with Crippen LogP contribution in [-0.4, -0.2) is 48.9 Å². The van der Waals surface area contributed by atoms with Crippen molar-refractivity contribution in [3.63, 3.8) is 0 Å². The number of hydrogen-bond acceptors (Lipinski definition) is 6. The van der Waals surface area contributed by atoms with Crippen LogP contribution in [0, 0.1) is 0 Å². The van der Waals surface area contributed by atoms with Gasteiger partial charge in [0.2, 0.25) is 0 Å². The molecule has 5 nitrogen and oxygen atoms in total. The summed E-state index contributed by atoms with van der Waals surface area (Å²) >= 11 is 1.51. The Morgan fingerprint density at radius 2 is 2.19 bits per heavy atom. The highest BCUT2D eigenvalue weighted by atomic mass is 32.1. The molecular formula is C10H20N4OS. The van der Waals surface area contributed by atoms with E-state index in [-0.39, 0.29) is 0 Å². The summed E-state index contributed by atoms with van der Waals surface area (Å²) in [5.41, 5.74) is 0. The summed E-state index contributed by atoms with van der Waals surface area (Å²) < 4.78 is 5.51. The van der Waals surface area contributed by atoms with E-state index in [1.54, 1.807) is 0 Å². The molecule has 1 aromatic rings. The third-order valence-corrected chi connectivity index (χ3v) is 2.79. The van der Waals surface area contributed by atoms with E-state index in [2.05, 4.69) is 41.4 Å². The Hall–Kier alpha value is -0.720. The van der Waals surface area contributed by atoms with Gasteiger partial charge in [-0.05, 0) is 27.1 Å². The summed E-state index contributed by atoms with van der Waals surface area (Å²) in [6, 6.07) is 0. The molecule has 0 radical (unpaired) electrons. The Morgan fingerprint density at radius 1 is 1.38 bits per heavy atom. The lowest BCUT2D eigenvalue weighted by molar-refractivity contribution is 0.279. The minimum Gasteiger partial charge on any atom is -0.469 e. The second-order valence-electron chi connectivity index (χ2n) is 3.75. The van der Waals surface area contributed by atoms with Crippen LogP contribution in [0.5, 0.6) is 5.19 Å². The van der Waals surface area contributed by atoms with Gasteiger partial charge in [-0.1, -0.05) is 18.3 Å². The standard InChI is InChI=1S/C10H20N4OS/c1-4-11-8-9-12-13-10(16-9)15-7-5-6-14(2)3/h11H,4-8H2,1-3H3. The Balaban J connectivity index is 2.19. The molecule has 0 aliphatic rings. The van der Waals surface area contributed by atoms with E-state index >= 15 is 0 Å². The summed E-state index contributed by atoms with van der Waals surface area (Å²) in [5.74, 6) is 0. The largest absolute Gasteiger partial charge is 0.469 e. The second-order valence-corrected chi connectivity index (χ2v) is 4.77. The van der Waals surface area contributed by atoms with Gasteiger partial charge in [0.15, 0.2) is 0 Å². The van der Waals surface area contributed by atoms with Crippen molar-refractivity contribution >= 4 is 11.3 Å². The summed E-state index contributed by atoms with van der Waals surface area (Å²) in [6.45, 7) is 5.52. The summed E-state index contributed by atoms with van der Waals surface area (Å²) in [5, 5.41) is 12.9. The fourth-order valence-electron chi connectivity index (χ4n) is 1.14. The SMILES string of the molecule is CCNCc1nnc(OCCCN(C)C)s1. The number of nitrogens with zero attached hydrogens (tertiary/aromatic N) is 3. The Kier molecular flexibility index (Phi) is 6.29. The van der Waals surface area contributed by atoms with Crippen molar-refractivity contribution in [2.75, 3.05) is 33.8 Å². The lowest BCUT2D eigenvalue weighted by Gasteiger charge is -2.08. The molecule has 0 aromatic carbocycles. The molecule has 0 saturated carbocycles. The average molecular weight is 244 g/mol. The fraction of sp³-hybridized carbons (Fsp3) is 0.800. The van der Waals surface area contributed by atoms with E-state index in [9.17, 15) is 0 Å². The Bertz CT molecular complexity index is 290. The number of ether oxygens (including phenoxy) is 1. The highest BCUT2D eigenvalue weighted by Gasteiger charge is 2.04. The van der Waals surface area contributed by atoms with E-state index < -0.39 is 0 Å². The van der Waals surface area contributed by atoms with E-state index in [1.807, 2.05) is 0 Å². The van der Waals surface area contributed by atoms with Crippen LogP contribution >= 0.6 is 11.3 Å². The molecule has 0 spiro atoms. The zero-order valence-electron chi connectivity index (χ0n) is 10.2. The van der Waals surface area contributed by atoms with Crippen LogP contribution < -0.4 is 10.1 Å². The first-order valence-corrected chi connectivity index (χ1v) is 6.34. The minimum absolute atomic E-state index is 0.673. The smallest absolute Gasteiger partial charge is 0.294 e. The quantitative estimate of drug-likeness (QED) is 0.691. The summed E-state index contributed by atoms with van der Waals surface area (Å²) in [4.78, 5) is 2.14. The van der Waals surface area contributed by atoms with E-state index in [4.69, 9.17) is 4.74 Å². The molecule has 0 saturated heterocycles. The predicted octanol–water partition coefficient (Wildman–Crippen LogP) is 0.978. The Morgan fingerprint density at radius 3 is 2.88 bits per heavy atom. The number of rotatable bonds is 8. The molecule has 1 N–H and O–H groups in total. The van der Waals surface area contributed by atoms with E-state index in [0.717, 1.165) is 31.1 Å². The highest BCUT2D eigenvalue weighted by molar-refractivity contribution is 7.13. The maximum absolute atomic E-state index is 5.51. The van der Waals surface area contributed by atoms with Crippen molar-refractivity contribution in [2.45, 2.75) is 19.9 Å². The summed E-state index contributed by atoms with van der Waals surface area (Å²) in [7, 11) is 4.11. The van der Waals surface area contributed by atoms with E-state index in [1.165, 1.54) is 11.3 Å². The molecular weight excluding hydrogens is 224 g/mol. The van der Waals surface area contributed by atoms with Crippen LogP contribution in [0.2, 0.25) is 0 Å². The minimum atomic E-state index is 0.673. The van der Waals surface area contributed by atoms with Crippen molar-refractivity contribution in [3.8, 4) is 5.19 Å². The zero-order valence-corrected chi connectivity index (χ0v) is 11.0. The molecule has 0 aliphatic carbocycles. The molecule has 0 unspecified atom stereocenters. The maximum Gasteiger partial charge on any atom is 0.294 e. The molecule has 6 heteroatoms. The molecule has 1 heterocycles. The van der Waals surface area contributed by atoms with Gasteiger partial charge < -0.3 is 15.0 Å². The van der Waals surface area contributed by atoms with Crippen LogP contribution in [0.1, 0.15) is 18.4 Å². The van der Waals surface area contributed by atoms with Crippen molar-refractivity contribution in [2.24, 2.45) is 0 Å². The lowest BCUT2D eigenvalue weighted by Crippen LogP contribution is -2.15. The molecule has 1 aromatic heterocycles. The molecule has 0 aliphatic heterocycles. The molecule has 0 fully saturated rings. The molecule has 0 bridgehead atoms. The van der Waals surface area contributed by atoms with Crippen LogP contribution in [0.25, 0.3) is 0 Å². The van der Waals surface area contributed by atoms with Gasteiger partial charge in [0.1, 0.15) is 5.01 Å². The van der Waals surface area contributed by atoms with Crippen LogP contribution in [0.15, 0.2) is 0 Å². The zero-order chi connectivity index (χ0) is 11.8. The van der Waals surface area contributed by atoms with Crippen molar-refractivity contribution < 1.29 is 4.74 Å². The average Bonchev–Trinajstić information content (AvgIpc) is 2.69. The van der Waals surface area contributed by atoms with Crippen molar-refractivity contribution in [1.82, 2.24) is 20.4 Å². The van der Waals surface area contributed by atoms with Gasteiger partial charge in [-0.25, -0.2) is 0 Å². The van der Waals surface area contributed by atoms with Gasteiger partial charge in [-0.3, -0.25) is 0 Å². The predicted molar refractivity (Wildman–Crippen MR) is 66.0 cm³/mol. The topological polar surface area (TPSA) is 50.3 Å². The Labute approximate surface area is 101 Å². The lowest BCUT2D eigenvalue weighted by atomic mass is 10.4. The number of aromatic nitrogens is 2. The third kappa shape index (κ3) is 5.39. The van der Waals surface area contributed by atoms with Gasteiger partial charge in [0, 0.05) is 13.1 Å². The fourth-order valence-corrected chi connectivity index (χ4v) is 1.82. The van der Waals surface area contributed by atoms with Gasteiger partial charge in [-0.2, -0.15) is 0 Å². The molecule has 0 amide bonds.